The average molecular weight is 333 g/mol. The summed E-state index contributed by atoms with van der Waals surface area (Å²) < 4.78 is 29.8. The smallest absolute Gasteiger partial charge is 0.264 e. The van der Waals surface area contributed by atoms with Crippen LogP contribution in [0.2, 0.25) is 0 Å². The minimum absolute atomic E-state index is 0.249. The average Bonchev–Trinajstić information content (AvgIpc) is 2.46. The first-order valence-electron chi connectivity index (χ1n) is 7.14. The molecule has 2 rings (SSSR count). The van der Waals surface area contributed by atoms with Crippen molar-refractivity contribution in [3.8, 4) is 11.5 Å². The third-order valence-corrected chi connectivity index (χ3v) is 3.71. The van der Waals surface area contributed by atoms with Crippen LogP contribution in [0.3, 0.4) is 0 Å². The Bertz CT molecular complexity index is 796. The summed E-state index contributed by atoms with van der Waals surface area (Å²) in [6.07, 6.45) is 0.935. The Hall–Kier alpha value is -2.34. The maximum absolute atomic E-state index is 11.7. The van der Waals surface area contributed by atoms with E-state index in [1.54, 1.807) is 12.1 Å². The highest BCUT2D eigenvalue weighted by atomic mass is 32.2. The van der Waals surface area contributed by atoms with E-state index < -0.39 is 15.9 Å². The number of carbonyl (C=O) groups is 1. The van der Waals surface area contributed by atoms with Crippen LogP contribution in [0.4, 0.5) is 0 Å². The zero-order chi connectivity index (χ0) is 17.0. The number of amides is 1. The highest BCUT2D eigenvalue weighted by Crippen LogP contribution is 2.25. The number of benzene rings is 2. The van der Waals surface area contributed by atoms with Gasteiger partial charge in [0.1, 0.15) is 11.5 Å². The Morgan fingerprint density at radius 2 is 1.70 bits per heavy atom. The molecule has 122 valence electrons. The van der Waals surface area contributed by atoms with Crippen molar-refractivity contribution in [2.24, 2.45) is 0 Å². The minimum Gasteiger partial charge on any atom is -0.457 e. The molecule has 0 saturated heterocycles. The van der Waals surface area contributed by atoms with Crippen molar-refractivity contribution < 1.29 is 17.9 Å². The van der Waals surface area contributed by atoms with Gasteiger partial charge in [0.15, 0.2) is 0 Å². The lowest BCUT2D eigenvalue weighted by Crippen LogP contribution is -2.29. The van der Waals surface area contributed by atoms with Gasteiger partial charge < -0.3 is 4.74 Å². The molecule has 0 atom stereocenters. The molecular weight excluding hydrogens is 314 g/mol. The molecule has 6 heteroatoms. The van der Waals surface area contributed by atoms with Gasteiger partial charge in [0.2, 0.25) is 10.0 Å². The highest BCUT2D eigenvalue weighted by molar-refractivity contribution is 7.89. The minimum atomic E-state index is -3.57. The maximum Gasteiger partial charge on any atom is 0.264 e. The molecule has 0 unspecified atom stereocenters. The second kappa shape index (κ2) is 6.83. The molecule has 0 aliphatic carbocycles. The van der Waals surface area contributed by atoms with Crippen molar-refractivity contribution in [1.82, 2.24) is 4.72 Å². The first-order valence-corrected chi connectivity index (χ1v) is 9.04. The molecule has 0 bridgehead atoms. The molecule has 0 heterocycles. The molecule has 0 saturated carbocycles. The number of nitrogens with one attached hydrogen (secondary N) is 1. The molecule has 0 fully saturated rings. The second-order valence-corrected chi connectivity index (χ2v) is 7.31. The molecule has 5 nitrogen and oxygen atoms in total. The fourth-order valence-corrected chi connectivity index (χ4v) is 2.43. The number of carbonyl (C=O) groups excluding carboxylic acids is 1. The maximum atomic E-state index is 11.7. The van der Waals surface area contributed by atoms with E-state index in [4.69, 9.17) is 4.74 Å². The van der Waals surface area contributed by atoms with Crippen molar-refractivity contribution in [2.75, 3.05) is 6.26 Å². The van der Waals surface area contributed by atoms with Crippen molar-refractivity contribution in [3.63, 3.8) is 0 Å². The summed E-state index contributed by atoms with van der Waals surface area (Å²) >= 11 is 0. The summed E-state index contributed by atoms with van der Waals surface area (Å²) in [4.78, 5) is 11.7. The van der Waals surface area contributed by atoms with Crippen LogP contribution in [0.5, 0.6) is 11.5 Å². The van der Waals surface area contributed by atoms with E-state index in [2.05, 4.69) is 13.8 Å². The normalized spacial score (nSPS) is 11.3. The third kappa shape index (κ3) is 5.10. The Morgan fingerprint density at radius 1 is 1.04 bits per heavy atom. The van der Waals surface area contributed by atoms with Gasteiger partial charge in [-0.25, -0.2) is 13.1 Å². The summed E-state index contributed by atoms with van der Waals surface area (Å²) in [6.45, 7) is 4.21. The first kappa shape index (κ1) is 17.0. The van der Waals surface area contributed by atoms with E-state index in [1.165, 1.54) is 17.7 Å². The Morgan fingerprint density at radius 3 is 2.26 bits per heavy atom. The predicted octanol–water partition coefficient (Wildman–Crippen LogP) is 3.29. The summed E-state index contributed by atoms with van der Waals surface area (Å²) in [6, 6.07) is 14.1. The standard InChI is InChI=1S/C17H19NO4S/c1-12(2)14-5-4-6-16(11-14)22-15-9-7-13(8-10-15)17(19)18-23(3,20)21/h4-12H,1-3H3,(H,18,19). The Balaban J connectivity index is 2.11. The van der Waals surface area contributed by atoms with Gasteiger partial charge in [-0.05, 0) is 47.9 Å². The highest BCUT2D eigenvalue weighted by Gasteiger charge is 2.11. The van der Waals surface area contributed by atoms with Crippen LogP contribution in [0.1, 0.15) is 35.7 Å². The van der Waals surface area contributed by atoms with Gasteiger partial charge in [0, 0.05) is 5.56 Å². The molecule has 0 aromatic heterocycles. The number of sulfonamides is 1. The van der Waals surface area contributed by atoms with E-state index >= 15 is 0 Å². The molecule has 23 heavy (non-hydrogen) atoms. The number of hydrogen-bond donors (Lipinski definition) is 1. The van der Waals surface area contributed by atoms with E-state index in [9.17, 15) is 13.2 Å². The lowest BCUT2D eigenvalue weighted by atomic mass is 10.0. The van der Waals surface area contributed by atoms with Gasteiger partial charge >= 0.3 is 0 Å². The first-order chi connectivity index (χ1) is 10.7. The molecule has 0 radical (unpaired) electrons. The monoisotopic (exact) mass is 333 g/mol. The lowest BCUT2D eigenvalue weighted by Gasteiger charge is -2.10. The fraction of sp³-hybridized carbons (Fsp3) is 0.235. The zero-order valence-electron chi connectivity index (χ0n) is 13.2. The van der Waals surface area contributed by atoms with Crippen LogP contribution < -0.4 is 9.46 Å². The quantitative estimate of drug-likeness (QED) is 0.911. The summed E-state index contributed by atoms with van der Waals surface area (Å²) in [5, 5.41) is 0. The van der Waals surface area contributed by atoms with E-state index in [1.807, 2.05) is 29.0 Å². The van der Waals surface area contributed by atoms with Crippen LogP contribution >= 0.6 is 0 Å². The van der Waals surface area contributed by atoms with E-state index in [0.29, 0.717) is 17.4 Å². The van der Waals surface area contributed by atoms with Crippen molar-refractivity contribution in [2.45, 2.75) is 19.8 Å². The largest absolute Gasteiger partial charge is 0.457 e. The number of rotatable bonds is 5. The molecule has 0 aliphatic heterocycles. The molecular formula is C17H19NO4S. The Kier molecular flexibility index (Phi) is 5.05. The SMILES string of the molecule is CC(C)c1cccc(Oc2ccc(C(=O)NS(C)(=O)=O)cc2)c1. The molecule has 2 aromatic rings. The van der Waals surface area contributed by atoms with Crippen molar-refractivity contribution in [1.29, 1.82) is 0 Å². The zero-order valence-corrected chi connectivity index (χ0v) is 14.1. The van der Waals surface area contributed by atoms with Crippen molar-refractivity contribution >= 4 is 15.9 Å². The molecule has 0 aliphatic rings. The Labute approximate surface area is 136 Å². The van der Waals surface area contributed by atoms with Crippen LogP contribution in [0.15, 0.2) is 48.5 Å². The van der Waals surface area contributed by atoms with Gasteiger partial charge in [-0.15, -0.1) is 0 Å². The summed E-state index contributed by atoms with van der Waals surface area (Å²) in [5.41, 5.74) is 1.42. The van der Waals surface area contributed by atoms with Crippen LogP contribution in [0.25, 0.3) is 0 Å². The molecule has 1 amide bonds. The lowest BCUT2D eigenvalue weighted by molar-refractivity contribution is 0.0981. The molecule has 1 N–H and O–H groups in total. The predicted molar refractivity (Wildman–Crippen MR) is 89.4 cm³/mol. The van der Waals surface area contributed by atoms with E-state index in [-0.39, 0.29) is 5.56 Å². The van der Waals surface area contributed by atoms with Crippen LogP contribution in [0, 0.1) is 0 Å². The van der Waals surface area contributed by atoms with Gasteiger partial charge in [0.05, 0.1) is 6.26 Å². The van der Waals surface area contributed by atoms with E-state index in [0.717, 1.165) is 6.26 Å². The van der Waals surface area contributed by atoms with Crippen LogP contribution in [-0.2, 0) is 10.0 Å². The topological polar surface area (TPSA) is 72.5 Å². The summed E-state index contributed by atoms with van der Waals surface area (Å²) in [5.74, 6) is 1.02. The second-order valence-electron chi connectivity index (χ2n) is 5.56. The summed E-state index contributed by atoms with van der Waals surface area (Å²) in [7, 11) is -3.57. The number of hydrogen-bond acceptors (Lipinski definition) is 4. The van der Waals surface area contributed by atoms with Gasteiger partial charge in [-0.1, -0.05) is 26.0 Å². The van der Waals surface area contributed by atoms with Gasteiger partial charge in [-0.2, -0.15) is 0 Å². The van der Waals surface area contributed by atoms with Crippen LogP contribution in [-0.4, -0.2) is 20.6 Å². The van der Waals surface area contributed by atoms with Gasteiger partial charge in [0.25, 0.3) is 5.91 Å². The third-order valence-electron chi connectivity index (χ3n) is 3.16. The molecule has 2 aromatic carbocycles. The number of ether oxygens (including phenoxy) is 1. The van der Waals surface area contributed by atoms with Crippen molar-refractivity contribution in [3.05, 3.63) is 59.7 Å². The van der Waals surface area contributed by atoms with Gasteiger partial charge in [-0.3, -0.25) is 4.79 Å². The molecule has 0 spiro atoms. The fourth-order valence-electron chi connectivity index (χ4n) is 1.97.